The summed E-state index contributed by atoms with van der Waals surface area (Å²) in [6.07, 6.45) is 1.39. The number of carbonyl (C=O) groups excluding carboxylic acids is 1. The Kier molecular flexibility index (Phi) is 12.4. The van der Waals surface area contributed by atoms with Crippen molar-refractivity contribution in [3.63, 3.8) is 0 Å². The number of aryl methyl sites for hydroxylation is 1. The van der Waals surface area contributed by atoms with E-state index >= 15 is 0 Å². The van der Waals surface area contributed by atoms with Crippen molar-refractivity contribution in [3.8, 4) is 0 Å². The van der Waals surface area contributed by atoms with Gasteiger partial charge in [0.05, 0.1) is 24.1 Å². The van der Waals surface area contributed by atoms with E-state index in [4.69, 9.17) is 4.74 Å². The molecule has 1 amide bonds. The van der Waals surface area contributed by atoms with E-state index in [1.807, 2.05) is 18.2 Å². The number of ether oxygens (including phenoxy) is 1. The highest BCUT2D eigenvalue weighted by Crippen LogP contribution is 2.20. The molecule has 0 unspecified atom stereocenters. The van der Waals surface area contributed by atoms with E-state index in [0.717, 1.165) is 36.4 Å². The second-order valence-electron chi connectivity index (χ2n) is 10.2. The average Bonchev–Trinajstić information content (AvgIpc) is 2.94. The number of aliphatic hydroxyl groups excluding tert-OH is 1. The summed E-state index contributed by atoms with van der Waals surface area (Å²) >= 11 is 0. The van der Waals surface area contributed by atoms with Crippen molar-refractivity contribution in [2.45, 2.75) is 44.9 Å². The number of hydrogen-bond acceptors (Lipinski definition) is 6. The molecule has 3 N–H and O–H groups in total. The highest BCUT2D eigenvalue weighted by Gasteiger charge is 2.24. The number of nitrogens with one attached hydrogen (secondary N) is 2. The van der Waals surface area contributed by atoms with Crippen LogP contribution in [0.15, 0.2) is 66.7 Å². The highest BCUT2D eigenvalue weighted by molar-refractivity contribution is 7.92. The summed E-state index contributed by atoms with van der Waals surface area (Å²) in [6, 6.07) is 16.3. The molecule has 0 aromatic heterocycles. The Hall–Kier alpha value is -3.38. The van der Waals surface area contributed by atoms with Crippen LogP contribution in [0.2, 0.25) is 0 Å². The number of rotatable bonds is 16. The fourth-order valence-electron chi connectivity index (χ4n) is 4.60. The van der Waals surface area contributed by atoms with E-state index in [-0.39, 0.29) is 30.6 Å². The molecular formula is C31H39F2N3O5S. The smallest absolute Gasteiger partial charge is 0.251 e. The van der Waals surface area contributed by atoms with Gasteiger partial charge in [-0.1, -0.05) is 31.2 Å². The van der Waals surface area contributed by atoms with Crippen molar-refractivity contribution in [2.75, 3.05) is 37.4 Å². The van der Waals surface area contributed by atoms with Crippen LogP contribution in [-0.4, -0.2) is 64.6 Å². The van der Waals surface area contributed by atoms with Gasteiger partial charge < -0.3 is 20.5 Å². The quantitative estimate of drug-likeness (QED) is 0.215. The molecule has 0 aliphatic heterocycles. The minimum Gasteiger partial charge on any atom is -0.390 e. The summed E-state index contributed by atoms with van der Waals surface area (Å²) in [5.74, 6) is -2.03. The molecule has 3 aromatic rings. The maximum Gasteiger partial charge on any atom is 0.251 e. The Labute approximate surface area is 246 Å². The molecule has 0 heterocycles. The van der Waals surface area contributed by atoms with E-state index < -0.39 is 39.7 Å². The number of halogens is 2. The molecule has 228 valence electrons. The number of benzene rings is 3. The van der Waals surface area contributed by atoms with Crippen LogP contribution in [0.4, 0.5) is 14.5 Å². The first-order valence-electron chi connectivity index (χ1n) is 13.8. The Morgan fingerprint density at radius 3 is 2.29 bits per heavy atom. The third-order valence-corrected chi connectivity index (χ3v) is 7.96. The average molecular weight is 604 g/mol. The number of anilines is 1. The van der Waals surface area contributed by atoms with Crippen molar-refractivity contribution in [2.24, 2.45) is 0 Å². The Morgan fingerprint density at radius 1 is 1.00 bits per heavy atom. The lowest BCUT2D eigenvalue weighted by atomic mass is 10.00. The molecule has 42 heavy (non-hydrogen) atoms. The molecule has 0 saturated heterocycles. The van der Waals surface area contributed by atoms with Gasteiger partial charge in [0.2, 0.25) is 10.0 Å². The molecule has 3 aromatic carbocycles. The van der Waals surface area contributed by atoms with Gasteiger partial charge in [0.25, 0.3) is 5.91 Å². The number of hydrogen-bond donors (Lipinski definition) is 3. The summed E-state index contributed by atoms with van der Waals surface area (Å²) in [5, 5.41) is 17.0. The molecule has 2 atom stereocenters. The fraction of sp³-hybridized carbons (Fsp3) is 0.387. The van der Waals surface area contributed by atoms with Crippen LogP contribution in [0.25, 0.3) is 0 Å². The van der Waals surface area contributed by atoms with Crippen LogP contribution in [0.3, 0.4) is 0 Å². The van der Waals surface area contributed by atoms with Gasteiger partial charge >= 0.3 is 0 Å². The van der Waals surface area contributed by atoms with Crippen molar-refractivity contribution >= 4 is 21.6 Å². The SMILES string of the molecule is CCc1cccc(CNC[C@@H](O)[C@H](Cc2cc(F)cc(F)c2)NC(=O)c2ccc(N(CCCOC)S(C)(=O)=O)cc2)c1. The van der Waals surface area contributed by atoms with Crippen LogP contribution < -0.4 is 14.9 Å². The maximum absolute atomic E-state index is 13.9. The standard InChI is InChI=1S/C31H39F2N3O5S/c1-4-22-7-5-8-23(15-22)20-34-21-30(37)29(18-24-16-26(32)19-27(33)17-24)35-31(38)25-9-11-28(12-10-25)36(42(3,39)40)13-6-14-41-2/h5,7-12,15-17,19,29-30,34,37H,4,6,13-14,18,20-21H2,1-3H3,(H,35,38)/t29-,30+/m0/s1. The summed E-state index contributed by atoms with van der Waals surface area (Å²) in [5.41, 5.74) is 3.14. The molecule has 0 aliphatic rings. The summed E-state index contributed by atoms with van der Waals surface area (Å²) < 4.78 is 58.7. The van der Waals surface area contributed by atoms with Crippen molar-refractivity contribution < 1.29 is 31.8 Å². The van der Waals surface area contributed by atoms with Crippen molar-refractivity contribution in [1.82, 2.24) is 10.6 Å². The number of nitrogens with zero attached hydrogens (tertiary/aromatic N) is 1. The van der Waals surface area contributed by atoms with Crippen molar-refractivity contribution in [1.29, 1.82) is 0 Å². The topological polar surface area (TPSA) is 108 Å². The summed E-state index contributed by atoms with van der Waals surface area (Å²) in [4.78, 5) is 13.2. The first-order valence-corrected chi connectivity index (χ1v) is 15.6. The number of amides is 1. The van der Waals surface area contributed by atoms with Crippen LogP contribution in [-0.2, 0) is 34.1 Å². The van der Waals surface area contributed by atoms with Gasteiger partial charge in [-0.2, -0.15) is 0 Å². The monoisotopic (exact) mass is 603 g/mol. The third-order valence-electron chi connectivity index (χ3n) is 6.77. The first kappa shape index (κ1) is 33.1. The van der Waals surface area contributed by atoms with Gasteiger partial charge in [-0.3, -0.25) is 9.10 Å². The summed E-state index contributed by atoms with van der Waals surface area (Å²) in [6.45, 7) is 3.28. The van der Waals surface area contributed by atoms with Gasteiger partial charge in [-0.05, 0) is 72.4 Å². The van der Waals surface area contributed by atoms with Crippen molar-refractivity contribution in [3.05, 3.63) is 101 Å². The molecular weight excluding hydrogens is 564 g/mol. The minimum absolute atomic E-state index is 0.0198. The zero-order chi connectivity index (χ0) is 30.7. The Bertz CT molecular complexity index is 1400. The van der Waals surface area contributed by atoms with E-state index in [1.165, 1.54) is 41.2 Å². The normalized spacial score (nSPS) is 13.0. The maximum atomic E-state index is 13.9. The number of aliphatic hydroxyl groups is 1. The van der Waals surface area contributed by atoms with Crippen LogP contribution >= 0.6 is 0 Å². The number of sulfonamides is 1. The minimum atomic E-state index is -3.56. The molecule has 8 nitrogen and oxygen atoms in total. The van der Waals surface area contributed by atoms with Gasteiger partial charge in [-0.25, -0.2) is 17.2 Å². The lowest BCUT2D eigenvalue weighted by Gasteiger charge is -2.25. The molecule has 3 rings (SSSR count). The zero-order valence-corrected chi connectivity index (χ0v) is 25.0. The van der Waals surface area contributed by atoms with Gasteiger partial charge in [0, 0.05) is 45.0 Å². The Balaban J connectivity index is 1.74. The molecule has 0 radical (unpaired) electrons. The second-order valence-corrected chi connectivity index (χ2v) is 12.1. The third kappa shape index (κ3) is 10.2. The fourth-order valence-corrected chi connectivity index (χ4v) is 5.57. The predicted octanol–water partition coefficient (Wildman–Crippen LogP) is 3.82. The van der Waals surface area contributed by atoms with E-state index in [1.54, 1.807) is 0 Å². The van der Waals surface area contributed by atoms with E-state index in [9.17, 15) is 27.1 Å². The lowest BCUT2D eigenvalue weighted by Crippen LogP contribution is -2.48. The second kappa shape index (κ2) is 15.7. The number of carbonyl (C=O) groups is 1. The molecule has 0 bridgehead atoms. The van der Waals surface area contributed by atoms with Gasteiger partial charge in [0.15, 0.2) is 0 Å². The van der Waals surface area contributed by atoms with Crippen LogP contribution in [0.1, 0.15) is 40.4 Å². The first-order chi connectivity index (χ1) is 20.0. The van der Waals surface area contributed by atoms with Crippen LogP contribution in [0.5, 0.6) is 0 Å². The predicted molar refractivity (Wildman–Crippen MR) is 160 cm³/mol. The Morgan fingerprint density at radius 2 is 1.67 bits per heavy atom. The molecule has 0 saturated carbocycles. The summed E-state index contributed by atoms with van der Waals surface area (Å²) in [7, 11) is -2.02. The largest absolute Gasteiger partial charge is 0.390 e. The van der Waals surface area contributed by atoms with Crippen LogP contribution in [0, 0.1) is 11.6 Å². The molecule has 11 heteroatoms. The van der Waals surface area contributed by atoms with Gasteiger partial charge in [-0.15, -0.1) is 0 Å². The molecule has 0 fully saturated rings. The van der Waals surface area contributed by atoms with E-state index in [0.29, 0.717) is 25.3 Å². The number of methoxy groups -OCH3 is 1. The molecule has 0 aliphatic carbocycles. The lowest BCUT2D eigenvalue weighted by molar-refractivity contribution is 0.0830. The highest BCUT2D eigenvalue weighted by atomic mass is 32.2. The van der Waals surface area contributed by atoms with Gasteiger partial charge in [0.1, 0.15) is 11.6 Å². The zero-order valence-electron chi connectivity index (χ0n) is 24.1. The molecule has 0 spiro atoms. The van der Waals surface area contributed by atoms with E-state index in [2.05, 4.69) is 23.6 Å².